The summed E-state index contributed by atoms with van der Waals surface area (Å²) in [4.78, 5) is 13.2. The standard InChI is InChI=1S/C38H33NO/c1-3-4-25-39-33(27(2)40)26-32-34(28-17-9-5-10-18-28)35(29-19-11-6-12-20-29)36(30-21-13-7-14-22-30)37(38(32)39)31-23-15-8-16-24-31/h5-24,26H,3-4,25H2,1-2H3. The Morgan fingerprint density at radius 2 is 0.975 bits per heavy atom. The predicted octanol–water partition coefficient (Wildman–Crippen LogP) is 10.3. The van der Waals surface area contributed by atoms with E-state index in [1.807, 2.05) is 0 Å². The van der Waals surface area contributed by atoms with Crippen LogP contribution >= 0.6 is 0 Å². The molecule has 1 aromatic heterocycles. The minimum Gasteiger partial charge on any atom is -0.338 e. The number of hydrogen-bond acceptors (Lipinski definition) is 1. The van der Waals surface area contributed by atoms with Crippen molar-refractivity contribution >= 4 is 16.7 Å². The lowest BCUT2D eigenvalue weighted by molar-refractivity contribution is 0.100. The van der Waals surface area contributed by atoms with E-state index < -0.39 is 0 Å². The summed E-state index contributed by atoms with van der Waals surface area (Å²) < 4.78 is 2.29. The Morgan fingerprint density at radius 3 is 1.40 bits per heavy atom. The van der Waals surface area contributed by atoms with Crippen LogP contribution in [0.15, 0.2) is 127 Å². The second-order valence-electron chi connectivity index (χ2n) is 10.3. The summed E-state index contributed by atoms with van der Waals surface area (Å²) in [6, 6.07) is 44.9. The SMILES string of the molecule is CCCCn1c(C(C)=O)cc2c(-c3ccccc3)c(-c3ccccc3)c(-c3ccccc3)c(-c3ccccc3)c21. The zero-order valence-electron chi connectivity index (χ0n) is 23.1. The van der Waals surface area contributed by atoms with Gasteiger partial charge in [-0.25, -0.2) is 0 Å². The van der Waals surface area contributed by atoms with Gasteiger partial charge < -0.3 is 4.57 Å². The molecule has 2 heteroatoms. The van der Waals surface area contributed by atoms with E-state index in [4.69, 9.17) is 0 Å². The van der Waals surface area contributed by atoms with Gasteiger partial charge in [0.25, 0.3) is 0 Å². The maximum absolute atomic E-state index is 13.2. The molecular formula is C38H33NO. The highest BCUT2D eigenvalue weighted by Gasteiger charge is 2.27. The van der Waals surface area contributed by atoms with Crippen molar-refractivity contribution in [3.05, 3.63) is 133 Å². The number of aromatic nitrogens is 1. The fourth-order valence-corrected chi connectivity index (χ4v) is 5.93. The number of rotatable bonds is 8. The van der Waals surface area contributed by atoms with Crippen molar-refractivity contribution in [2.75, 3.05) is 0 Å². The number of ketones is 1. The van der Waals surface area contributed by atoms with Crippen LogP contribution < -0.4 is 0 Å². The molecule has 0 saturated carbocycles. The molecule has 40 heavy (non-hydrogen) atoms. The minimum atomic E-state index is 0.0906. The van der Waals surface area contributed by atoms with Crippen molar-refractivity contribution in [3.63, 3.8) is 0 Å². The lowest BCUT2D eigenvalue weighted by Gasteiger charge is -2.24. The Balaban J connectivity index is 1.93. The summed E-state index contributed by atoms with van der Waals surface area (Å²) in [6.45, 7) is 4.69. The Hall–Kier alpha value is -4.69. The van der Waals surface area contributed by atoms with Crippen LogP contribution in [0.3, 0.4) is 0 Å². The van der Waals surface area contributed by atoms with E-state index >= 15 is 0 Å². The molecule has 0 radical (unpaired) electrons. The highest BCUT2D eigenvalue weighted by molar-refractivity contribution is 6.19. The van der Waals surface area contributed by atoms with Crippen LogP contribution in [0.2, 0.25) is 0 Å². The van der Waals surface area contributed by atoms with Gasteiger partial charge in [0.15, 0.2) is 5.78 Å². The Labute approximate surface area is 236 Å². The van der Waals surface area contributed by atoms with E-state index in [-0.39, 0.29) is 5.78 Å². The van der Waals surface area contributed by atoms with Crippen molar-refractivity contribution in [1.82, 2.24) is 4.57 Å². The third kappa shape index (κ3) is 4.56. The molecule has 0 bridgehead atoms. The summed E-state index contributed by atoms with van der Waals surface area (Å²) in [5, 5.41) is 1.12. The molecular weight excluding hydrogens is 486 g/mol. The Morgan fingerprint density at radius 1 is 0.575 bits per heavy atom. The van der Waals surface area contributed by atoms with E-state index in [0.717, 1.165) is 63.8 Å². The highest BCUT2D eigenvalue weighted by atomic mass is 16.1. The van der Waals surface area contributed by atoms with Gasteiger partial charge in [0, 0.05) is 30.0 Å². The summed E-state index contributed by atoms with van der Waals surface area (Å²) in [7, 11) is 0. The largest absolute Gasteiger partial charge is 0.338 e. The molecule has 0 aliphatic heterocycles. The van der Waals surface area contributed by atoms with Crippen molar-refractivity contribution < 1.29 is 4.79 Å². The van der Waals surface area contributed by atoms with Gasteiger partial charge in [-0.05, 0) is 45.9 Å². The van der Waals surface area contributed by atoms with Gasteiger partial charge in [0.1, 0.15) is 0 Å². The molecule has 0 N–H and O–H groups in total. The van der Waals surface area contributed by atoms with Crippen LogP contribution in [0.4, 0.5) is 0 Å². The molecule has 0 aliphatic rings. The minimum absolute atomic E-state index is 0.0906. The zero-order valence-corrected chi connectivity index (χ0v) is 23.1. The molecule has 0 fully saturated rings. The number of hydrogen-bond donors (Lipinski definition) is 0. The highest BCUT2D eigenvalue weighted by Crippen LogP contribution is 2.51. The molecule has 0 atom stereocenters. The first-order valence-corrected chi connectivity index (χ1v) is 14.1. The smallest absolute Gasteiger partial charge is 0.176 e. The third-order valence-electron chi connectivity index (χ3n) is 7.70. The van der Waals surface area contributed by atoms with Crippen LogP contribution in [0, 0.1) is 0 Å². The number of unbranched alkanes of at least 4 members (excludes halogenated alkanes) is 1. The molecule has 196 valence electrons. The molecule has 2 nitrogen and oxygen atoms in total. The van der Waals surface area contributed by atoms with E-state index in [9.17, 15) is 4.79 Å². The molecule has 6 aromatic rings. The van der Waals surface area contributed by atoms with Gasteiger partial charge in [0.2, 0.25) is 0 Å². The fourth-order valence-electron chi connectivity index (χ4n) is 5.93. The fraction of sp³-hybridized carbons (Fsp3) is 0.132. The van der Waals surface area contributed by atoms with Gasteiger partial charge in [-0.3, -0.25) is 4.79 Å². The van der Waals surface area contributed by atoms with E-state index in [0.29, 0.717) is 0 Å². The van der Waals surface area contributed by atoms with Crippen molar-refractivity contribution in [1.29, 1.82) is 0 Å². The first kappa shape index (κ1) is 25.6. The zero-order chi connectivity index (χ0) is 27.5. The van der Waals surface area contributed by atoms with Gasteiger partial charge >= 0.3 is 0 Å². The van der Waals surface area contributed by atoms with Crippen LogP contribution in [0.25, 0.3) is 55.4 Å². The quantitative estimate of drug-likeness (QED) is 0.183. The topological polar surface area (TPSA) is 22.0 Å². The third-order valence-corrected chi connectivity index (χ3v) is 7.70. The maximum Gasteiger partial charge on any atom is 0.176 e. The number of benzene rings is 5. The second-order valence-corrected chi connectivity index (χ2v) is 10.3. The normalized spacial score (nSPS) is 11.2. The summed E-state index contributed by atoms with van der Waals surface area (Å²) >= 11 is 0. The molecule has 5 aromatic carbocycles. The number of carbonyl (C=O) groups excluding carboxylic acids is 1. The van der Waals surface area contributed by atoms with Crippen LogP contribution in [-0.4, -0.2) is 10.4 Å². The average molecular weight is 520 g/mol. The lowest BCUT2D eigenvalue weighted by atomic mass is 9.80. The van der Waals surface area contributed by atoms with Gasteiger partial charge in [-0.1, -0.05) is 135 Å². The van der Waals surface area contributed by atoms with Crippen LogP contribution in [0.5, 0.6) is 0 Å². The summed E-state index contributed by atoms with van der Waals surface area (Å²) in [5.74, 6) is 0.0906. The number of Topliss-reactive ketones (excluding diaryl/α,β-unsaturated/α-hetero) is 1. The number of aryl methyl sites for hydroxylation is 1. The summed E-state index contributed by atoms with van der Waals surface area (Å²) in [5.41, 5.74) is 11.2. The van der Waals surface area contributed by atoms with Gasteiger partial charge in [-0.15, -0.1) is 0 Å². The van der Waals surface area contributed by atoms with Crippen LogP contribution in [0.1, 0.15) is 37.2 Å². The molecule has 0 saturated heterocycles. The van der Waals surface area contributed by atoms with Crippen molar-refractivity contribution in [2.24, 2.45) is 0 Å². The molecule has 0 amide bonds. The van der Waals surface area contributed by atoms with Crippen molar-refractivity contribution in [3.8, 4) is 44.5 Å². The molecule has 0 spiro atoms. The average Bonchev–Trinajstić information content (AvgIpc) is 3.40. The second kappa shape index (κ2) is 11.2. The van der Waals surface area contributed by atoms with Gasteiger partial charge in [-0.2, -0.15) is 0 Å². The summed E-state index contributed by atoms with van der Waals surface area (Å²) in [6.07, 6.45) is 2.05. The number of fused-ring (bicyclic) bond motifs is 1. The first-order chi connectivity index (χ1) is 19.7. The number of nitrogens with zero attached hydrogens (tertiary/aromatic N) is 1. The van der Waals surface area contributed by atoms with E-state index in [1.54, 1.807) is 6.92 Å². The predicted molar refractivity (Wildman–Crippen MR) is 169 cm³/mol. The maximum atomic E-state index is 13.2. The first-order valence-electron chi connectivity index (χ1n) is 14.1. The molecule has 0 unspecified atom stereocenters. The van der Waals surface area contributed by atoms with E-state index in [1.165, 1.54) is 16.7 Å². The Bertz CT molecular complexity index is 1770. The Kier molecular flexibility index (Phi) is 7.16. The van der Waals surface area contributed by atoms with E-state index in [2.05, 4.69) is 139 Å². The molecule has 1 heterocycles. The van der Waals surface area contributed by atoms with Crippen molar-refractivity contribution in [2.45, 2.75) is 33.2 Å². The molecule has 6 rings (SSSR count). The monoisotopic (exact) mass is 519 g/mol. The van der Waals surface area contributed by atoms with Gasteiger partial charge in [0.05, 0.1) is 11.2 Å². The number of carbonyl (C=O) groups is 1. The molecule has 0 aliphatic carbocycles. The lowest BCUT2D eigenvalue weighted by Crippen LogP contribution is -2.08. The van der Waals surface area contributed by atoms with Crippen LogP contribution in [-0.2, 0) is 6.54 Å².